The first kappa shape index (κ1) is 14.0. The van der Waals surface area contributed by atoms with Gasteiger partial charge in [0, 0.05) is 24.3 Å². The molecule has 0 saturated carbocycles. The smallest absolute Gasteiger partial charge is 0.0368 e. The van der Waals surface area contributed by atoms with Gasteiger partial charge in [-0.15, -0.1) is 0 Å². The van der Waals surface area contributed by atoms with Gasteiger partial charge in [-0.3, -0.25) is 0 Å². The van der Waals surface area contributed by atoms with Gasteiger partial charge in [-0.25, -0.2) is 0 Å². The lowest BCUT2D eigenvalue weighted by molar-refractivity contribution is 0.471. The molecule has 17 heavy (non-hydrogen) atoms. The predicted molar refractivity (Wildman–Crippen MR) is 76.6 cm³/mol. The maximum Gasteiger partial charge on any atom is 0.0368 e. The van der Waals surface area contributed by atoms with Gasteiger partial charge in [-0.05, 0) is 51.3 Å². The zero-order valence-corrected chi connectivity index (χ0v) is 11.8. The molecular formula is C15H26N2. The van der Waals surface area contributed by atoms with Crippen molar-refractivity contribution in [3.05, 3.63) is 29.8 Å². The normalized spacial score (nSPS) is 13.5. The van der Waals surface area contributed by atoms with Crippen molar-refractivity contribution in [3.63, 3.8) is 0 Å². The van der Waals surface area contributed by atoms with E-state index in [4.69, 9.17) is 5.73 Å². The van der Waals surface area contributed by atoms with Crippen LogP contribution in [-0.2, 0) is 6.42 Å². The maximum atomic E-state index is 5.80. The molecule has 2 heteroatoms. The van der Waals surface area contributed by atoms with E-state index in [0.29, 0.717) is 0 Å². The Bertz CT molecular complexity index is 338. The molecule has 0 aromatic heterocycles. The number of benzene rings is 1. The zero-order chi connectivity index (χ0) is 13.1. The van der Waals surface area contributed by atoms with Crippen molar-refractivity contribution < 1.29 is 0 Å². The lowest BCUT2D eigenvalue weighted by Crippen LogP contribution is -2.40. The molecule has 1 atom stereocenters. The summed E-state index contributed by atoms with van der Waals surface area (Å²) < 4.78 is 0. The van der Waals surface area contributed by atoms with Gasteiger partial charge in [0.25, 0.3) is 0 Å². The highest BCUT2D eigenvalue weighted by Gasteiger charge is 2.21. The Balaban J connectivity index is 2.80. The summed E-state index contributed by atoms with van der Waals surface area (Å²) in [6.45, 7) is 8.80. The topological polar surface area (TPSA) is 29.3 Å². The quantitative estimate of drug-likeness (QED) is 0.847. The van der Waals surface area contributed by atoms with E-state index < -0.39 is 0 Å². The van der Waals surface area contributed by atoms with Crippen LogP contribution in [0, 0.1) is 0 Å². The van der Waals surface area contributed by atoms with E-state index >= 15 is 0 Å². The molecule has 1 rings (SSSR count). The molecule has 0 aliphatic carbocycles. The van der Waals surface area contributed by atoms with E-state index in [-0.39, 0.29) is 11.6 Å². The van der Waals surface area contributed by atoms with Crippen molar-refractivity contribution in [2.75, 3.05) is 11.9 Å². The molecule has 0 aliphatic heterocycles. The molecule has 0 bridgehead atoms. The predicted octanol–water partition coefficient (Wildman–Crippen LogP) is 3.20. The van der Waals surface area contributed by atoms with E-state index in [1.54, 1.807) is 0 Å². The largest absolute Gasteiger partial charge is 0.369 e. The molecule has 0 amide bonds. The molecule has 0 saturated heterocycles. The third-order valence-electron chi connectivity index (χ3n) is 3.65. The highest BCUT2D eigenvalue weighted by Crippen LogP contribution is 2.25. The van der Waals surface area contributed by atoms with Gasteiger partial charge < -0.3 is 10.6 Å². The van der Waals surface area contributed by atoms with Crippen LogP contribution in [0.15, 0.2) is 24.3 Å². The van der Waals surface area contributed by atoms with Crippen LogP contribution in [0.1, 0.15) is 39.7 Å². The van der Waals surface area contributed by atoms with Gasteiger partial charge in [0.05, 0.1) is 0 Å². The molecular weight excluding hydrogens is 208 g/mol. The molecule has 1 aromatic rings. The van der Waals surface area contributed by atoms with Crippen LogP contribution >= 0.6 is 0 Å². The van der Waals surface area contributed by atoms with E-state index in [9.17, 15) is 0 Å². The molecule has 1 unspecified atom stereocenters. The highest BCUT2D eigenvalue weighted by atomic mass is 15.2. The summed E-state index contributed by atoms with van der Waals surface area (Å²) in [4.78, 5) is 2.34. The number of hydrogen-bond donors (Lipinski definition) is 1. The Kier molecular flexibility index (Phi) is 4.58. The molecule has 2 nitrogen and oxygen atoms in total. The Hall–Kier alpha value is -1.02. The molecule has 96 valence electrons. The summed E-state index contributed by atoms with van der Waals surface area (Å²) in [5.41, 5.74) is 8.58. The first-order valence-electron chi connectivity index (χ1n) is 6.45. The van der Waals surface area contributed by atoms with Crippen molar-refractivity contribution in [1.29, 1.82) is 0 Å². The number of rotatable bonds is 5. The van der Waals surface area contributed by atoms with Crippen molar-refractivity contribution in [2.45, 2.75) is 52.1 Å². The summed E-state index contributed by atoms with van der Waals surface area (Å²) >= 11 is 0. The second-order valence-electron chi connectivity index (χ2n) is 5.57. The van der Waals surface area contributed by atoms with Crippen molar-refractivity contribution in [2.24, 2.45) is 5.73 Å². The second-order valence-corrected chi connectivity index (χ2v) is 5.57. The van der Waals surface area contributed by atoms with Crippen molar-refractivity contribution >= 4 is 5.69 Å². The lowest BCUT2D eigenvalue weighted by atomic mass is 9.98. The number of nitrogens with zero attached hydrogens (tertiary/aromatic N) is 1. The van der Waals surface area contributed by atoms with Crippen molar-refractivity contribution in [3.8, 4) is 0 Å². The minimum atomic E-state index is 0.197. The Labute approximate surface area is 106 Å². The maximum absolute atomic E-state index is 5.80. The van der Waals surface area contributed by atoms with Gasteiger partial charge in [-0.2, -0.15) is 0 Å². The van der Waals surface area contributed by atoms with E-state index in [1.165, 1.54) is 11.3 Å². The fraction of sp³-hybridized carbons (Fsp3) is 0.600. The van der Waals surface area contributed by atoms with E-state index in [2.05, 4.69) is 57.0 Å². The summed E-state index contributed by atoms with van der Waals surface area (Å²) in [6.07, 6.45) is 2.08. The summed E-state index contributed by atoms with van der Waals surface area (Å²) in [5, 5.41) is 0. The van der Waals surface area contributed by atoms with Crippen LogP contribution < -0.4 is 10.6 Å². The molecule has 1 aromatic carbocycles. The highest BCUT2D eigenvalue weighted by molar-refractivity contribution is 5.49. The lowest BCUT2D eigenvalue weighted by Gasteiger charge is -2.36. The monoisotopic (exact) mass is 234 g/mol. The fourth-order valence-corrected chi connectivity index (χ4v) is 1.81. The first-order chi connectivity index (χ1) is 7.86. The minimum Gasteiger partial charge on any atom is -0.369 e. The van der Waals surface area contributed by atoms with Crippen LogP contribution in [0.5, 0.6) is 0 Å². The Morgan fingerprint density at radius 3 is 2.18 bits per heavy atom. The van der Waals surface area contributed by atoms with Gasteiger partial charge in [-0.1, -0.05) is 19.1 Å². The van der Waals surface area contributed by atoms with Crippen LogP contribution in [0.2, 0.25) is 0 Å². The molecule has 0 spiro atoms. The molecule has 2 N–H and O–H groups in total. The standard InChI is InChI=1S/C15H26N2/c1-6-15(3,4)17(5)14-9-7-13(8-10-14)11-12(2)16/h7-10,12H,6,11,16H2,1-5H3. The number of nitrogens with two attached hydrogens (primary N) is 1. The summed E-state index contributed by atoms with van der Waals surface area (Å²) in [5.74, 6) is 0. The van der Waals surface area contributed by atoms with E-state index in [1.807, 2.05) is 6.92 Å². The molecule has 0 fully saturated rings. The average molecular weight is 234 g/mol. The van der Waals surface area contributed by atoms with Gasteiger partial charge in [0.2, 0.25) is 0 Å². The Morgan fingerprint density at radius 1 is 1.24 bits per heavy atom. The Morgan fingerprint density at radius 2 is 1.76 bits per heavy atom. The molecule has 0 heterocycles. The van der Waals surface area contributed by atoms with E-state index in [0.717, 1.165) is 12.8 Å². The zero-order valence-electron chi connectivity index (χ0n) is 11.8. The fourth-order valence-electron chi connectivity index (χ4n) is 1.81. The minimum absolute atomic E-state index is 0.197. The van der Waals surface area contributed by atoms with Gasteiger partial charge in [0.1, 0.15) is 0 Å². The summed E-state index contributed by atoms with van der Waals surface area (Å²) in [7, 11) is 2.16. The van der Waals surface area contributed by atoms with Crippen LogP contribution in [0.4, 0.5) is 5.69 Å². The molecule has 0 radical (unpaired) electrons. The van der Waals surface area contributed by atoms with Crippen molar-refractivity contribution in [1.82, 2.24) is 0 Å². The van der Waals surface area contributed by atoms with Gasteiger partial charge >= 0.3 is 0 Å². The first-order valence-corrected chi connectivity index (χ1v) is 6.45. The number of anilines is 1. The third-order valence-corrected chi connectivity index (χ3v) is 3.65. The second kappa shape index (κ2) is 5.54. The molecule has 0 aliphatic rings. The summed E-state index contributed by atoms with van der Waals surface area (Å²) in [6, 6.07) is 8.97. The van der Waals surface area contributed by atoms with Crippen LogP contribution in [-0.4, -0.2) is 18.6 Å². The van der Waals surface area contributed by atoms with Crippen LogP contribution in [0.3, 0.4) is 0 Å². The van der Waals surface area contributed by atoms with Crippen LogP contribution in [0.25, 0.3) is 0 Å². The SMILES string of the molecule is CCC(C)(C)N(C)c1ccc(CC(C)N)cc1. The average Bonchev–Trinajstić information content (AvgIpc) is 2.28. The number of hydrogen-bond acceptors (Lipinski definition) is 2. The third kappa shape index (κ3) is 3.74. The van der Waals surface area contributed by atoms with Gasteiger partial charge in [0.15, 0.2) is 0 Å².